The first-order valence-corrected chi connectivity index (χ1v) is 7.55. The van der Waals surface area contributed by atoms with Gasteiger partial charge in [-0.15, -0.1) is 0 Å². The summed E-state index contributed by atoms with van der Waals surface area (Å²) in [6.45, 7) is 2.91. The van der Waals surface area contributed by atoms with Crippen LogP contribution in [0.15, 0.2) is 41.0 Å². The fraction of sp³-hybridized carbons (Fsp3) is 0.312. The number of hydrogen-bond acceptors (Lipinski definition) is 4. The van der Waals surface area contributed by atoms with Gasteiger partial charge in [-0.1, -0.05) is 6.92 Å². The molecule has 0 bridgehead atoms. The molecule has 112 valence electrons. The summed E-state index contributed by atoms with van der Waals surface area (Å²) in [6, 6.07) is 9.85. The second-order valence-corrected chi connectivity index (χ2v) is 5.45. The van der Waals surface area contributed by atoms with Crippen LogP contribution in [0, 0.1) is 0 Å². The number of pyridine rings is 1. The van der Waals surface area contributed by atoms with Crippen LogP contribution in [0.4, 0.5) is 0 Å². The molecule has 0 amide bonds. The van der Waals surface area contributed by atoms with E-state index in [9.17, 15) is 0 Å². The molecule has 4 nitrogen and oxygen atoms in total. The number of benzene rings is 1. The number of nitrogens with zero attached hydrogens (tertiary/aromatic N) is 1. The lowest BCUT2D eigenvalue weighted by Crippen LogP contribution is -2.23. The number of methoxy groups -OCH3 is 2. The lowest BCUT2D eigenvalue weighted by Gasteiger charge is -2.19. The molecule has 1 N–H and O–H groups in total. The number of nitrogens with one attached hydrogen (secondary N) is 1. The molecule has 0 aliphatic carbocycles. The van der Waals surface area contributed by atoms with Gasteiger partial charge >= 0.3 is 0 Å². The Balaban J connectivity index is 2.44. The van der Waals surface area contributed by atoms with Crippen LogP contribution in [-0.2, 0) is 0 Å². The summed E-state index contributed by atoms with van der Waals surface area (Å²) in [6.07, 6.45) is 1.80. The number of aromatic nitrogens is 1. The predicted octanol–water partition coefficient (Wildman–Crippen LogP) is 3.56. The van der Waals surface area contributed by atoms with Gasteiger partial charge in [0.25, 0.3) is 0 Å². The van der Waals surface area contributed by atoms with Crippen LogP contribution in [-0.4, -0.2) is 25.7 Å². The fourth-order valence-electron chi connectivity index (χ4n) is 2.15. The van der Waals surface area contributed by atoms with Crippen LogP contribution in [0.25, 0.3) is 0 Å². The van der Waals surface area contributed by atoms with Gasteiger partial charge in [0.2, 0.25) is 0 Å². The Labute approximate surface area is 133 Å². The molecule has 0 aliphatic rings. The SMILES string of the molecule is CCNC(c1cc(OC)cc(OC)c1)c1ccc(Br)cn1. The molecule has 1 atom stereocenters. The normalized spacial score (nSPS) is 12.0. The number of hydrogen-bond donors (Lipinski definition) is 1. The zero-order valence-corrected chi connectivity index (χ0v) is 14.0. The number of ether oxygens (including phenoxy) is 2. The highest BCUT2D eigenvalue weighted by molar-refractivity contribution is 9.10. The topological polar surface area (TPSA) is 43.4 Å². The van der Waals surface area contributed by atoms with Gasteiger partial charge in [0.1, 0.15) is 11.5 Å². The molecule has 2 rings (SSSR count). The van der Waals surface area contributed by atoms with Crippen molar-refractivity contribution in [3.63, 3.8) is 0 Å². The minimum absolute atomic E-state index is 0.00731. The minimum atomic E-state index is -0.00731. The summed E-state index contributed by atoms with van der Waals surface area (Å²) in [5.74, 6) is 1.54. The first-order chi connectivity index (χ1) is 10.2. The van der Waals surface area contributed by atoms with Crippen LogP contribution in [0.3, 0.4) is 0 Å². The molecule has 1 heterocycles. The third-order valence-electron chi connectivity index (χ3n) is 3.16. The summed E-state index contributed by atoms with van der Waals surface area (Å²) in [4.78, 5) is 4.49. The van der Waals surface area contributed by atoms with Crippen molar-refractivity contribution in [3.05, 3.63) is 52.3 Å². The maximum atomic E-state index is 5.34. The van der Waals surface area contributed by atoms with E-state index >= 15 is 0 Å². The Kier molecular flexibility index (Phi) is 5.59. The van der Waals surface area contributed by atoms with Gasteiger partial charge in [-0.3, -0.25) is 4.98 Å². The molecule has 0 saturated heterocycles. The zero-order valence-electron chi connectivity index (χ0n) is 12.4. The van der Waals surface area contributed by atoms with Crippen LogP contribution in [0.5, 0.6) is 11.5 Å². The van der Waals surface area contributed by atoms with E-state index in [4.69, 9.17) is 9.47 Å². The Bertz CT molecular complexity index is 565. The highest BCUT2D eigenvalue weighted by Crippen LogP contribution is 2.29. The van der Waals surface area contributed by atoms with Crippen molar-refractivity contribution >= 4 is 15.9 Å². The number of halogens is 1. The maximum absolute atomic E-state index is 5.34. The summed E-state index contributed by atoms with van der Waals surface area (Å²) in [5, 5.41) is 3.45. The van der Waals surface area contributed by atoms with Gasteiger partial charge < -0.3 is 14.8 Å². The van der Waals surface area contributed by atoms with Crippen LogP contribution >= 0.6 is 15.9 Å². The Morgan fingerprint density at radius 1 is 1.14 bits per heavy atom. The molecule has 1 aromatic carbocycles. The summed E-state index contributed by atoms with van der Waals surface area (Å²) < 4.78 is 11.7. The second kappa shape index (κ2) is 7.43. The molecule has 0 saturated carbocycles. The van der Waals surface area contributed by atoms with E-state index in [0.717, 1.165) is 33.8 Å². The lowest BCUT2D eigenvalue weighted by atomic mass is 10.0. The standard InChI is InChI=1S/C16H19BrN2O2/c1-4-18-16(15-6-5-12(17)10-19-15)11-7-13(20-2)9-14(8-11)21-3/h5-10,16,18H,4H2,1-3H3. The molecule has 2 aromatic rings. The molecular weight excluding hydrogens is 332 g/mol. The lowest BCUT2D eigenvalue weighted by molar-refractivity contribution is 0.392. The minimum Gasteiger partial charge on any atom is -0.497 e. The van der Waals surface area contributed by atoms with E-state index in [0.29, 0.717) is 0 Å². The molecule has 5 heteroatoms. The average molecular weight is 351 g/mol. The second-order valence-electron chi connectivity index (χ2n) is 4.54. The Morgan fingerprint density at radius 2 is 1.81 bits per heavy atom. The quantitative estimate of drug-likeness (QED) is 0.864. The van der Waals surface area contributed by atoms with Gasteiger partial charge in [-0.25, -0.2) is 0 Å². The average Bonchev–Trinajstić information content (AvgIpc) is 2.53. The molecular formula is C16H19BrN2O2. The molecule has 0 radical (unpaired) electrons. The van der Waals surface area contributed by atoms with Crippen molar-refractivity contribution < 1.29 is 9.47 Å². The van der Waals surface area contributed by atoms with Crippen molar-refractivity contribution in [1.82, 2.24) is 10.3 Å². The summed E-state index contributed by atoms with van der Waals surface area (Å²) >= 11 is 3.41. The van der Waals surface area contributed by atoms with E-state index in [1.807, 2.05) is 30.3 Å². The largest absolute Gasteiger partial charge is 0.497 e. The van der Waals surface area contributed by atoms with Crippen molar-refractivity contribution in [2.45, 2.75) is 13.0 Å². The molecule has 0 spiro atoms. The van der Waals surface area contributed by atoms with E-state index in [-0.39, 0.29) is 6.04 Å². The van der Waals surface area contributed by atoms with Crippen molar-refractivity contribution in [3.8, 4) is 11.5 Å². The van der Waals surface area contributed by atoms with Gasteiger partial charge in [-0.2, -0.15) is 0 Å². The van der Waals surface area contributed by atoms with E-state index in [2.05, 4.69) is 33.2 Å². The van der Waals surface area contributed by atoms with E-state index < -0.39 is 0 Å². The van der Waals surface area contributed by atoms with Crippen LogP contribution in [0.1, 0.15) is 24.2 Å². The van der Waals surface area contributed by atoms with Crippen molar-refractivity contribution in [2.75, 3.05) is 20.8 Å². The monoisotopic (exact) mass is 350 g/mol. The summed E-state index contributed by atoms with van der Waals surface area (Å²) in [7, 11) is 3.30. The van der Waals surface area contributed by atoms with E-state index in [1.54, 1.807) is 20.4 Å². The van der Waals surface area contributed by atoms with Gasteiger partial charge in [0, 0.05) is 16.7 Å². The number of rotatable bonds is 6. The highest BCUT2D eigenvalue weighted by atomic mass is 79.9. The van der Waals surface area contributed by atoms with Crippen LogP contribution in [0.2, 0.25) is 0 Å². The Morgan fingerprint density at radius 3 is 2.29 bits per heavy atom. The first-order valence-electron chi connectivity index (χ1n) is 6.75. The molecule has 21 heavy (non-hydrogen) atoms. The zero-order chi connectivity index (χ0) is 15.2. The third-order valence-corrected chi connectivity index (χ3v) is 3.63. The molecule has 1 unspecified atom stereocenters. The highest BCUT2D eigenvalue weighted by Gasteiger charge is 2.16. The third kappa shape index (κ3) is 3.95. The molecule has 1 aromatic heterocycles. The smallest absolute Gasteiger partial charge is 0.122 e. The predicted molar refractivity (Wildman–Crippen MR) is 87.0 cm³/mol. The molecule has 0 fully saturated rings. The van der Waals surface area contributed by atoms with Crippen molar-refractivity contribution in [1.29, 1.82) is 0 Å². The van der Waals surface area contributed by atoms with Crippen LogP contribution < -0.4 is 14.8 Å². The van der Waals surface area contributed by atoms with Gasteiger partial charge in [0.15, 0.2) is 0 Å². The Hall–Kier alpha value is -1.59. The molecule has 0 aliphatic heterocycles. The van der Waals surface area contributed by atoms with Crippen molar-refractivity contribution in [2.24, 2.45) is 0 Å². The first kappa shape index (κ1) is 15.8. The summed E-state index contributed by atoms with van der Waals surface area (Å²) in [5.41, 5.74) is 2.01. The van der Waals surface area contributed by atoms with E-state index in [1.165, 1.54) is 0 Å². The fourth-order valence-corrected chi connectivity index (χ4v) is 2.39. The maximum Gasteiger partial charge on any atom is 0.122 e. The van der Waals surface area contributed by atoms with Gasteiger partial charge in [-0.05, 0) is 52.3 Å². The van der Waals surface area contributed by atoms with Gasteiger partial charge in [0.05, 0.1) is 26.0 Å².